The Morgan fingerprint density at radius 1 is 0.920 bits per heavy atom. The zero-order valence-corrected chi connectivity index (χ0v) is 14.9. The molecule has 0 unspecified atom stereocenters. The third-order valence-corrected chi connectivity index (χ3v) is 3.55. The van der Waals surface area contributed by atoms with Gasteiger partial charge in [-0.15, -0.1) is 0 Å². The van der Waals surface area contributed by atoms with E-state index in [0.29, 0.717) is 28.4 Å². The van der Waals surface area contributed by atoms with Gasteiger partial charge >= 0.3 is 0 Å². The topological polar surface area (TPSA) is 109 Å². The summed E-state index contributed by atoms with van der Waals surface area (Å²) in [5, 5.41) is 13.8. The predicted octanol–water partition coefficient (Wildman–Crippen LogP) is 4.91. The largest absolute Gasteiger partial charge is 0.397 e. The maximum atomic E-state index is 11.2. The van der Waals surface area contributed by atoms with Crippen molar-refractivity contribution in [1.29, 1.82) is 0 Å². The van der Waals surface area contributed by atoms with Crippen LogP contribution in [0.15, 0.2) is 40.6 Å². The molecule has 7 nitrogen and oxygen atoms in total. The van der Waals surface area contributed by atoms with Crippen LogP contribution in [0.5, 0.6) is 0 Å². The molecular weight excluding hydrogens is 365 g/mol. The van der Waals surface area contributed by atoms with E-state index in [1.54, 1.807) is 18.2 Å². The highest BCUT2D eigenvalue weighted by Crippen LogP contribution is 2.35. The van der Waals surface area contributed by atoms with E-state index in [0.717, 1.165) is 0 Å². The Bertz CT molecular complexity index is 845. The fraction of sp³-hybridized carbons (Fsp3) is 0.125. The Morgan fingerprint density at radius 2 is 1.48 bits per heavy atom. The molecule has 2 aromatic rings. The molecule has 0 saturated heterocycles. The van der Waals surface area contributed by atoms with Crippen LogP contribution >= 0.6 is 23.2 Å². The van der Waals surface area contributed by atoms with Gasteiger partial charge in [-0.05, 0) is 30.3 Å². The number of amides is 2. The summed E-state index contributed by atoms with van der Waals surface area (Å²) < 4.78 is 0. The number of halogens is 2. The van der Waals surface area contributed by atoms with Crippen molar-refractivity contribution in [3.05, 3.63) is 40.4 Å². The number of azo groups is 1. The van der Waals surface area contributed by atoms with Gasteiger partial charge < -0.3 is 16.4 Å². The lowest BCUT2D eigenvalue weighted by molar-refractivity contribution is -0.115. The summed E-state index contributed by atoms with van der Waals surface area (Å²) in [6, 6.07) is 7.90. The number of nitrogens with two attached hydrogens (primary N) is 1. The summed E-state index contributed by atoms with van der Waals surface area (Å²) in [6.07, 6.45) is 0. The molecule has 0 spiro atoms. The molecule has 0 radical (unpaired) electrons. The number of anilines is 3. The molecule has 9 heteroatoms. The van der Waals surface area contributed by atoms with Gasteiger partial charge in [0.1, 0.15) is 0 Å². The molecule has 0 heterocycles. The number of carbonyl (C=O) groups excluding carboxylic acids is 2. The van der Waals surface area contributed by atoms with Crippen molar-refractivity contribution in [2.24, 2.45) is 10.2 Å². The number of nitrogens with one attached hydrogen (secondary N) is 2. The maximum absolute atomic E-state index is 11.2. The average Bonchev–Trinajstić information content (AvgIpc) is 2.51. The monoisotopic (exact) mass is 379 g/mol. The SMILES string of the molecule is CC(=O)Nc1cc(/N=N/c2cc(Cl)c(NC(C)=O)c(Cl)c2)ccc1N. The minimum absolute atomic E-state index is 0.243. The van der Waals surface area contributed by atoms with Gasteiger partial charge in [0.25, 0.3) is 0 Å². The summed E-state index contributed by atoms with van der Waals surface area (Å²) in [7, 11) is 0. The van der Waals surface area contributed by atoms with Crippen LogP contribution in [0.4, 0.5) is 28.4 Å². The van der Waals surface area contributed by atoms with E-state index in [1.807, 2.05) is 0 Å². The molecule has 0 fully saturated rings. The molecule has 0 aliphatic heterocycles. The third-order valence-electron chi connectivity index (χ3n) is 2.96. The summed E-state index contributed by atoms with van der Waals surface area (Å²) in [5.41, 5.74) is 7.85. The Balaban J connectivity index is 2.27. The smallest absolute Gasteiger partial charge is 0.221 e. The standard InChI is InChI=1S/C16H15Cl2N5O2/c1-8(24)20-15-7-10(3-4-14(15)19)22-23-11-5-12(17)16(13(18)6-11)21-9(2)25/h3-7H,19H2,1-2H3,(H,20,24)(H,21,25)/b23-22+. The molecule has 0 atom stereocenters. The normalized spacial score (nSPS) is 10.7. The number of hydrogen-bond donors (Lipinski definition) is 3. The Morgan fingerprint density at radius 3 is 2.04 bits per heavy atom. The van der Waals surface area contributed by atoms with E-state index >= 15 is 0 Å². The van der Waals surface area contributed by atoms with Crippen LogP contribution in [0, 0.1) is 0 Å². The lowest BCUT2D eigenvalue weighted by Crippen LogP contribution is -2.07. The van der Waals surface area contributed by atoms with Crippen LogP contribution in [0.25, 0.3) is 0 Å². The van der Waals surface area contributed by atoms with Crippen LogP contribution in [0.2, 0.25) is 10.0 Å². The molecule has 2 rings (SSSR count). The molecule has 0 aromatic heterocycles. The molecule has 130 valence electrons. The van der Waals surface area contributed by atoms with E-state index in [2.05, 4.69) is 20.9 Å². The molecule has 4 N–H and O–H groups in total. The fourth-order valence-electron chi connectivity index (χ4n) is 1.93. The molecule has 0 aliphatic carbocycles. The van der Waals surface area contributed by atoms with Crippen molar-refractivity contribution in [2.75, 3.05) is 16.4 Å². The van der Waals surface area contributed by atoms with Crippen LogP contribution in [-0.4, -0.2) is 11.8 Å². The molecular formula is C16H15Cl2N5O2. The Labute approximate surface area is 154 Å². The van der Waals surface area contributed by atoms with Crippen molar-refractivity contribution in [2.45, 2.75) is 13.8 Å². The zero-order valence-electron chi connectivity index (χ0n) is 13.4. The first-order chi connectivity index (χ1) is 11.8. The van der Waals surface area contributed by atoms with Crippen molar-refractivity contribution in [3.8, 4) is 0 Å². The van der Waals surface area contributed by atoms with E-state index in [1.165, 1.54) is 26.0 Å². The minimum Gasteiger partial charge on any atom is -0.397 e. The van der Waals surface area contributed by atoms with Gasteiger partial charge in [-0.25, -0.2) is 0 Å². The highest BCUT2D eigenvalue weighted by atomic mass is 35.5. The van der Waals surface area contributed by atoms with E-state index < -0.39 is 0 Å². The Kier molecular flexibility index (Phi) is 5.95. The van der Waals surface area contributed by atoms with Gasteiger partial charge in [0.05, 0.1) is 38.5 Å². The summed E-state index contributed by atoms with van der Waals surface area (Å²) in [6.45, 7) is 2.74. The van der Waals surface area contributed by atoms with Crippen LogP contribution in [-0.2, 0) is 9.59 Å². The third kappa shape index (κ3) is 5.17. The number of benzene rings is 2. The van der Waals surface area contributed by atoms with E-state index in [-0.39, 0.29) is 21.9 Å². The first kappa shape index (κ1) is 18.7. The molecule has 0 saturated carbocycles. The summed E-state index contributed by atoms with van der Waals surface area (Å²) in [5.74, 6) is -0.529. The van der Waals surface area contributed by atoms with Crippen molar-refractivity contribution in [1.82, 2.24) is 0 Å². The summed E-state index contributed by atoms with van der Waals surface area (Å²) in [4.78, 5) is 22.3. The van der Waals surface area contributed by atoms with E-state index in [9.17, 15) is 9.59 Å². The highest BCUT2D eigenvalue weighted by molar-refractivity contribution is 6.40. The van der Waals surface area contributed by atoms with Crippen LogP contribution in [0.3, 0.4) is 0 Å². The van der Waals surface area contributed by atoms with Gasteiger partial charge in [-0.1, -0.05) is 23.2 Å². The lowest BCUT2D eigenvalue weighted by atomic mass is 10.2. The van der Waals surface area contributed by atoms with Crippen molar-refractivity contribution >= 4 is 63.5 Å². The summed E-state index contributed by atoms with van der Waals surface area (Å²) >= 11 is 12.2. The van der Waals surface area contributed by atoms with Crippen molar-refractivity contribution < 1.29 is 9.59 Å². The number of rotatable bonds is 4. The first-order valence-electron chi connectivity index (χ1n) is 7.11. The minimum atomic E-state index is -0.287. The highest BCUT2D eigenvalue weighted by Gasteiger charge is 2.10. The zero-order chi connectivity index (χ0) is 18.6. The second kappa shape index (κ2) is 7.96. The first-order valence-corrected chi connectivity index (χ1v) is 7.87. The van der Waals surface area contributed by atoms with Crippen LogP contribution < -0.4 is 16.4 Å². The van der Waals surface area contributed by atoms with Gasteiger partial charge in [0.2, 0.25) is 11.8 Å². The fourth-order valence-corrected chi connectivity index (χ4v) is 2.50. The van der Waals surface area contributed by atoms with Crippen molar-refractivity contribution in [3.63, 3.8) is 0 Å². The quantitative estimate of drug-likeness (QED) is 0.518. The maximum Gasteiger partial charge on any atom is 0.221 e. The second-order valence-corrected chi connectivity index (χ2v) is 5.93. The number of carbonyl (C=O) groups is 2. The molecule has 2 amide bonds. The number of nitrogen functional groups attached to an aromatic ring is 1. The number of nitrogens with zero attached hydrogens (tertiary/aromatic N) is 2. The van der Waals surface area contributed by atoms with Crippen LogP contribution in [0.1, 0.15) is 13.8 Å². The second-order valence-electron chi connectivity index (χ2n) is 5.12. The predicted molar refractivity (Wildman–Crippen MR) is 100 cm³/mol. The van der Waals surface area contributed by atoms with Gasteiger partial charge in [-0.3, -0.25) is 9.59 Å². The molecule has 0 aliphatic rings. The average molecular weight is 380 g/mol. The molecule has 25 heavy (non-hydrogen) atoms. The lowest BCUT2D eigenvalue weighted by Gasteiger charge is -2.08. The van der Waals surface area contributed by atoms with Gasteiger partial charge in [-0.2, -0.15) is 10.2 Å². The molecule has 0 bridgehead atoms. The number of hydrogen-bond acceptors (Lipinski definition) is 5. The molecule has 2 aromatic carbocycles. The Hall–Kier alpha value is -2.64. The van der Waals surface area contributed by atoms with E-state index in [4.69, 9.17) is 28.9 Å². The van der Waals surface area contributed by atoms with Gasteiger partial charge in [0, 0.05) is 13.8 Å². The van der Waals surface area contributed by atoms with Gasteiger partial charge in [0.15, 0.2) is 0 Å².